The Hall–Kier alpha value is -1.38. The first-order valence-corrected chi connectivity index (χ1v) is 7.89. The topological polar surface area (TPSA) is 24.9 Å². The molecular weight excluding hydrogens is 280 g/mol. The van der Waals surface area contributed by atoms with Crippen LogP contribution in [0.25, 0.3) is 0 Å². The van der Waals surface area contributed by atoms with Gasteiger partial charge in [-0.2, -0.15) is 0 Å². The van der Waals surface area contributed by atoms with Crippen molar-refractivity contribution < 1.29 is 0 Å². The molecule has 0 aliphatic carbocycles. The van der Waals surface area contributed by atoms with E-state index in [4.69, 9.17) is 11.6 Å². The molecule has 0 saturated heterocycles. The smallest absolute Gasteiger partial charge is 0.0438 e. The lowest BCUT2D eigenvalue weighted by Crippen LogP contribution is -2.24. The maximum atomic E-state index is 6.27. The molecule has 2 aromatic rings. The van der Waals surface area contributed by atoms with E-state index < -0.39 is 0 Å². The number of hydrogen-bond donors (Lipinski definition) is 1. The number of rotatable bonds is 6. The Kier molecular flexibility index (Phi) is 5.77. The van der Waals surface area contributed by atoms with E-state index in [1.54, 1.807) is 0 Å². The van der Waals surface area contributed by atoms with Crippen molar-refractivity contribution in [3.8, 4) is 0 Å². The molecule has 0 fully saturated rings. The maximum Gasteiger partial charge on any atom is 0.0438 e. The van der Waals surface area contributed by atoms with Crippen LogP contribution in [0.2, 0.25) is 5.02 Å². The zero-order valence-electron chi connectivity index (χ0n) is 13.0. The van der Waals surface area contributed by atoms with Gasteiger partial charge in [-0.05, 0) is 55.6 Å². The van der Waals surface area contributed by atoms with Crippen LogP contribution in [-0.2, 0) is 6.42 Å². The van der Waals surface area contributed by atoms with Gasteiger partial charge in [-0.25, -0.2) is 0 Å². The Morgan fingerprint density at radius 2 is 2.00 bits per heavy atom. The monoisotopic (exact) mass is 302 g/mol. The van der Waals surface area contributed by atoms with Crippen LogP contribution in [0.15, 0.2) is 36.5 Å². The fraction of sp³-hybridized carbons (Fsp3) is 0.389. The van der Waals surface area contributed by atoms with Crippen molar-refractivity contribution in [2.24, 2.45) is 0 Å². The summed E-state index contributed by atoms with van der Waals surface area (Å²) >= 11 is 6.27. The summed E-state index contributed by atoms with van der Waals surface area (Å²) in [5, 5.41) is 4.42. The minimum atomic E-state index is 0.248. The van der Waals surface area contributed by atoms with Gasteiger partial charge in [0.05, 0.1) is 0 Å². The van der Waals surface area contributed by atoms with Crippen LogP contribution >= 0.6 is 11.6 Å². The number of benzene rings is 1. The Labute approximate surface area is 132 Å². The normalized spacial score (nSPS) is 12.4. The molecule has 1 heterocycles. The second kappa shape index (κ2) is 7.58. The molecule has 21 heavy (non-hydrogen) atoms. The van der Waals surface area contributed by atoms with Crippen molar-refractivity contribution in [1.82, 2.24) is 10.3 Å². The van der Waals surface area contributed by atoms with Gasteiger partial charge in [-0.1, -0.05) is 36.7 Å². The molecule has 1 atom stereocenters. The number of aromatic nitrogens is 1. The first-order valence-electron chi connectivity index (χ1n) is 7.51. The molecule has 1 N–H and O–H groups in total. The number of aryl methyl sites for hydroxylation is 2. The van der Waals surface area contributed by atoms with Gasteiger partial charge in [0, 0.05) is 29.4 Å². The van der Waals surface area contributed by atoms with E-state index in [1.165, 1.54) is 11.1 Å². The number of halogens is 1. The number of pyridine rings is 1. The highest BCUT2D eigenvalue weighted by Crippen LogP contribution is 2.23. The van der Waals surface area contributed by atoms with Crippen molar-refractivity contribution >= 4 is 11.6 Å². The quantitative estimate of drug-likeness (QED) is 0.841. The summed E-state index contributed by atoms with van der Waals surface area (Å²) in [5.74, 6) is 0. The lowest BCUT2D eigenvalue weighted by atomic mass is 10.00. The van der Waals surface area contributed by atoms with Crippen LogP contribution in [0.5, 0.6) is 0 Å². The first kappa shape index (κ1) is 16.0. The lowest BCUT2D eigenvalue weighted by Gasteiger charge is -2.19. The fourth-order valence-electron chi connectivity index (χ4n) is 2.28. The summed E-state index contributed by atoms with van der Waals surface area (Å²) in [4.78, 5) is 4.52. The highest BCUT2D eigenvalue weighted by molar-refractivity contribution is 6.31. The van der Waals surface area contributed by atoms with E-state index in [0.29, 0.717) is 0 Å². The summed E-state index contributed by atoms with van der Waals surface area (Å²) in [6.07, 6.45) is 3.91. The molecule has 1 aromatic carbocycles. The van der Waals surface area contributed by atoms with Gasteiger partial charge in [-0.15, -0.1) is 0 Å². The van der Waals surface area contributed by atoms with Gasteiger partial charge in [-0.3, -0.25) is 4.98 Å². The maximum absolute atomic E-state index is 6.27. The standard InChI is InChI=1S/C18H23ClN2/c1-4-9-20-18(11-16-8-5-13(2)12-21-16)15-7-6-14(3)17(19)10-15/h5-8,10,12,18,20H,4,9,11H2,1-3H3. The number of hydrogen-bond acceptors (Lipinski definition) is 2. The number of nitrogens with zero attached hydrogens (tertiary/aromatic N) is 1. The van der Waals surface area contributed by atoms with E-state index in [0.717, 1.165) is 35.7 Å². The molecule has 0 saturated carbocycles. The van der Waals surface area contributed by atoms with Crippen LogP contribution < -0.4 is 5.32 Å². The molecule has 0 bridgehead atoms. The molecule has 2 rings (SSSR count). The van der Waals surface area contributed by atoms with Crippen molar-refractivity contribution in [2.75, 3.05) is 6.54 Å². The molecule has 1 unspecified atom stereocenters. The van der Waals surface area contributed by atoms with Crippen LogP contribution in [-0.4, -0.2) is 11.5 Å². The van der Waals surface area contributed by atoms with Crippen LogP contribution in [0.1, 0.15) is 41.8 Å². The zero-order chi connectivity index (χ0) is 15.2. The Morgan fingerprint density at radius 1 is 1.19 bits per heavy atom. The van der Waals surface area contributed by atoms with Gasteiger partial charge in [0.25, 0.3) is 0 Å². The lowest BCUT2D eigenvalue weighted by molar-refractivity contribution is 0.524. The van der Waals surface area contributed by atoms with Gasteiger partial charge < -0.3 is 5.32 Å². The molecule has 0 aliphatic heterocycles. The van der Waals surface area contributed by atoms with Gasteiger partial charge in [0.15, 0.2) is 0 Å². The third-order valence-electron chi connectivity index (χ3n) is 3.62. The van der Waals surface area contributed by atoms with Gasteiger partial charge >= 0.3 is 0 Å². The van der Waals surface area contributed by atoms with E-state index in [1.807, 2.05) is 13.1 Å². The summed E-state index contributed by atoms with van der Waals surface area (Å²) in [5.41, 5.74) is 4.63. The summed E-state index contributed by atoms with van der Waals surface area (Å²) in [7, 11) is 0. The second-order valence-corrected chi connectivity index (χ2v) is 5.95. The van der Waals surface area contributed by atoms with Gasteiger partial charge in [0.2, 0.25) is 0 Å². The molecule has 2 nitrogen and oxygen atoms in total. The zero-order valence-corrected chi connectivity index (χ0v) is 13.7. The third kappa shape index (κ3) is 4.55. The predicted molar refractivity (Wildman–Crippen MR) is 89.9 cm³/mol. The van der Waals surface area contributed by atoms with E-state index in [9.17, 15) is 0 Å². The summed E-state index contributed by atoms with van der Waals surface area (Å²) < 4.78 is 0. The molecule has 0 amide bonds. The van der Waals surface area contributed by atoms with E-state index >= 15 is 0 Å². The van der Waals surface area contributed by atoms with Crippen LogP contribution in [0.4, 0.5) is 0 Å². The van der Waals surface area contributed by atoms with Crippen molar-refractivity contribution in [3.63, 3.8) is 0 Å². The molecule has 0 radical (unpaired) electrons. The first-order chi connectivity index (χ1) is 10.1. The highest BCUT2D eigenvalue weighted by atomic mass is 35.5. The minimum Gasteiger partial charge on any atom is -0.310 e. The van der Waals surface area contributed by atoms with Crippen LogP contribution in [0.3, 0.4) is 0 Å². The second-order valence-electron chi connectivity index (χ2n) is 5.55. The van der Waals surface area contributed by atoms with Crippen molar-refractivity contribution in [3.05, 3.63) is 63.9 Å². The predicted octanol–water partition coefficient (Wildman–Crippen LogP) is 4.64. The molecule has 0 aliphatic rings. The molecule has 3 heteroatoms. The highest BCUT2D eigenvalue weighted by Gasteiger charge is 2.13. The van der Waals surface area contributed by atoms with Crippen molar-refractivity contribution in [2.45, 2.75) is 39.7 Å². The minimum absolute atomic E-state index is 0.248. The molecule has 1 aromatic heterocycles. The van der Waals surface area contributed by atoms with Crippen LogP contribution in [0, 0.1) is 13.8 Å². The van der Waals surface area contributed by atoms with E-state index in [2.05, 4.69) is 54.5 Å². The molecule has 112 valence electrons. The Morgan fingerprint density at radius 3 is 2.62 bits per heavy atom. The fourth-order valence-corrected chi connectivity index (χ4v) is 2.47. The summed E-state index contributed by atoms with van der Waals surface area (Å²) in [6, 6.07) is 10.8. The largest absolute Gasteiger partial charge is 0.310 e. The third-order valence-corrected chi connectivity index (χ3v) is 4.03. The SMILES string of the molecule is CCCNC(Cc1ccc(C)cn1)c1ccc(C)c(Cl)c1. The molecule has 0 spiro atoms. The molecular formula is C18H23ClN2. The Bertz CT molecular complexity index is 578. The summed E-state index contributed by atoms with van der Waals surface area (Å²) in [6.45, 7) is 7.25. The average Bonchev–Trinajstić information content (AvgIpc) is 2.48. The van der Waals surface area contributed by atoms with Crippen molar-refractivity contribution in [1.29, 1.82) is 0 Å². The number of nitrogens with one attached hydrogen (secondary N) is 1. The Balaban J connectivity index is 2.20. The van der Waals surface area contributed by atoms with E-state index in [-0.39, 0.29) is 6.04 Å². The van der Waals surface area contributed by atoms with Gasteiger partial charge in [0.1, 0.15) is 0 Å². The average molecular weight is 303 g/mol.